The number of pyridine rings is 2. The normalized spacial score (nSPS) is 14.1. The molecule has 1 aromatic carbocycles. The summed E-state index contributed by atoms with van der Waals surface area (Å²) in [6.45, 7) is 8.43. The molecule has 4 aromatic rings. The SMILES string of the molecule is CCNC(=O)C(CCc1ccc(-c2cc3nccc(Oc4ccc(NC(=O)NC5CN(C(=O)NCC)C5)cc4F)c3s2)nc1)C(C)CCOC. The number of likely N-dealkylation sites (tertiary alicyclic amines) is 1. The van der Waals surface area contributed by atoms with Crippen LogP contribution in [-0.4, -0.2) is 78.8 Å². The van der Waals surface area contributed by atoms with E-state index in [1.807, 2.05) is 38.2 Å². The lowest BCUT2D eigenvalue weighted by atomic mass is 9.86. The van der Waals surface area contributed by atoms with E-state index < -0.39 is 11.8 Å². The van der Waals surface area contributed by atoms with E-state index in [0.29, 0.717) is 50.5 Å². The van der Waals surface area contributed by atoms with Crippen molar-refractivity contribution in [3.63, 3.8) is 0 Å². The average Bonchev–Trinajstić information content (AvgIpc) is 3.52. The molecule has 1 fully saturated rings. The van der Waals surface area contributed by atoms with Crippen LogP contribution in [0.15, 0.2) is 54.9 Å². The molecule has 2 atom stereocenters. The number of aryl methyl sites for hydroxylation is 1. The largest absolute Gasteiger partial charge is 0.453 e. The zero-order valence-corrected chi connectivity index (χ0v) is 29.6. The maximum Gasteiger partial charge on any atom is 0.319 e. The van der Waals surface area contributed by atoms with Crippen molar-refractivity contribution in [2.75, 3.05) is 45.2 Å². The van der Waals surface area contributed by atoms with Crippen molar-refractivity contribution in [3.8, 4) is 22.1 Å². The van der Waals surface area contributed by atoms with Gasteiger partial charge in [-0.25, -0.2) is 14.0 Å². The molecule has 0 spiro atoms. The fourth-order valence-electron chi connectivity index (χ4n) is 5.78. The highest BCUT2D eigenvalue weighted by Gasteiger charge is 2.31. The van der Waals surface area contributed by atoms with E-state index in [9.17, 15) is 14.4 Å². The van der Waals surface area contributed by atoms with E-state index in [1.165, 1.54) is 23.5 Å². The molecule has 50 heavy (non-hydrogen) atoms. The summed E-state index contributed by atoms with van der Waals surface area (Å²) in [5.74, 6) is -0.0443. The first-order valence-corrected chi connectivity index (χ1v) is 17.7. The minimum Gasteiger partial charge on any atom is -0.453 e. The van der Waals surface area contributed by atoms with E-state index in [-0.39, 0.29) is 41.3 Å². The van der Waals surface area contributed by atoms with E-state index >= 15 is 4.39 Å². The predicted octanol–water partition coefficient (Wildman–Crippen LogP) is 6.18. The number of hydrogen-bond donors (Lipinski definition) is 4. The van der Waals surface area contributed by atoms with Crippen molar-refractivity contribution >= 4 is 45.2 Å². The Kier molecular flexibility index (Phi) is 12.6. The van der Waals surface area contributed by atoms with Crippen LogP contribution >= 0.6 is 11.3 Å². The number of carbonyl (C=O) groups is 3. The van der Waals surface area contributed by atoms with Crippen molar-refractivity contribution in [2.45, 2.75) is 46.1 Å². The Labute approximate surface area is 295 Å². The van der Waals surface area contributed by atoms with E-state index in [1.54, 1.807) is 30.3 Å². The molecule has 0 saturated carbocycles. The Hall–Kier alpha value is -4.82. The van der Waals surface area contributed by atoms with Gasteiger partial charge in [0, 0.05) is 76.0 Å². The summed E-state index contributed by atoms with van der Waals surface area (Å²) in [5, 5.41) is 11.1. The third-order valence-electron chi connectivity index (χ3n) is 8.59. The molecule has 4 heterocycles. The quantitative estimate of drug-likeness (QED) is 0.116. The third-order valence-corrected chi connectivity index (χ3v) is 9.75. The highest BCUT2D eigenvalue weighted by atomic mass is 32.1. The second-order valence-electron chi connectivity index (χ2n) is 12.3. The van der Waals surface area contributed by atoms with E-state index in [2.05, 4.69) is 33.2 Å². The molecular weight excluding hydrogens is 662 g/mol. The Morgan fingerprint density at radius 2 is 1.82 bits per heavy atom. The van der Waals surface area contributed by atoms with Crippen LogP contribution in [0.3, 0.4) is 0 Å². The monoisotopic (exact) mass is 705 g/mol. The van der Waals surface area contributed by atoms with Gasteiger partial charge in [-0.15, -0.1) is 11.3 Å². The summed E-state index contributed by atoms with van der Waals surface area (Å²) in [6, 6.07) is 11.0. The lowest BCUT2D eigenvalue weighted by molar-refractivity contribution is -0.126. The molecule has 1 aliphatic rings. The summed E-state index contributed by atoms with van der Waals surface area (Å²) in [7, 11) is 1.67. The standard InChI is InChI=1S/C36H44FN7O5S/c1-5-38-34(45)26(22(3)14-16-48-4)10-7-23-8-11-28(41-19-23)32-18-29-33(50-32)31(13-15-40-29)49-30-12-9-24(17-27(30)37)42-35(46)43-25-20-44(21-25)36(47)39-6-2/h8-9,11-13,15,17-19,22,25-26H,5-7,10,14,16,20-21H2,1-4H3,(H,38,45)(H,39,47)(H2,42,43,46). The van der Waals surface area contributed by atoms with Crippen LogP contribution in [0, 0.1) is 17.7 Å². The number of hydrogen-bond acceptors (Lipinski definition) is 8. The van der Waals surface area contributed by atoms with Gasteiger partial charge in [0.15, 0.2) is 11.6 Å². The van der Waals surface area contributed by atoms with Gasteiger partial charge in [0.1, 0.15) is 5.75 Å². The third kappa shape index (κ3) is 9.24. The number of carbonyl (C=O) groups excluding carboxylic acids is 3. The number of aromatic nitrogens is 2. The zero-order valence-electron chi connectivity index (χ0n) is 28.8. The van der Waals surface area contributed by atoms with Crippen LogP contribution < -0.4 is 26.0 Å². The first kappa shape index (κ1) is 36.5. The van der Waals surface area contributed by atoms with Gasteiger partial charge in [-0.05, 0) is 68.9 Å². The maximum atomic E-state index is 15.1. The lowest BCUT2D eigenvalue weighted by Gasteiger charge is -2.39. The molecule has 1 aliphatic heterocycles. The Morgan fingerprint density at radius 3 is 2.52 bits per heavy atom. The van der Waals surface area contributed by atoms with Crippen LogP contribution in [-0.2, 0) is 16.0 Å². The smallest absolute Gasteiger partial charge is 0.319 e. The first-order valence-electron chi connectivity index (χ1n) is 16.9. The lowest BCUT2D eigenvalue weighted by Crippen LogP contribution is -2.63. The second-order valence-corrected chi connectivity index (χ2v) is 13.3. The number of fused-ring (bicyclic) bond motifs is 1. The number of urea groups is 2. The summed E-state index contributed by atoms with van der Waals surface area (Å²) in [4.78, 5) is 48.7. The van der Waals surface area contributed by atoms with Crippen molar-refractivity contribution < 1.29 is 28.2 Å². The number of methoxy groups -OCH3 is 1. The van der Waals surface area contributed by atoms with Gasteiger partial charge in [-0.3, -0.25) is 14.8 Å². The molecule has 12 nitrogen and oxygen atoms in total. The van der Waals surface area contributed by atoms with Crippen molar-refractivity contribution in [1.82, 2.24) is 30.8 Å². The number of halogens is 1. The Bertz CT molecular complexity index is 1780. The summed E-state index contributed by atoms with van der Waals surface area (Å²) in [5.41, 5.74) is 2.78. The van der Waals surface area contributed by atoms with Crippen LogP contribution in [0.2, 0.25) is 0 Å². The van der Waals surface area contributed by atoms with Crippen molar-refractivity contribution in [1.29, 1.82) is 0 Å². The molecule has 4 N–H and O–H groups in total. The molecule has 0 bridgehead atoms. The van der Waals surface area contributed by atoms with Gasteiger partial charge in [0.25, 0.3) is 0 Å². The minimum absolute atomic E-state index is 0.0000756. The van der Waals surface area contributed by atoms with Gasteiger partial charge in [0.2, 0.25) is 5.91 Å². The van der Waals surface area contributed by atoms with Crippen LogP contribution in [0.4, 0.5) is 19.7 Å². The van der Waals surface area contributed by atoms with Gasteiger partial charge in [-0.2, -0.15) is 0 Å². The Morgan fingerprint density at radius 1 is 1.02 bits per heavy atom. The van der Waals surface area contributed by atoms with Gasteiger partial charge in [-0.1, -0.05) is 13.0 Å². The van der Waals surface area contributed by atoms with Gasteiger partial charge in [0.05, 0.1) is 26.8 Å². The first-order chi connectivity index (χ1) is 24.2. The molecule has 0 radical (unpaired) electrons. The summed E-state index contributed by atoms with van der Waals surface area (Å²) in [6.07, 6.45) is 5.71. The molecule has 1 saturated heterocycles. The molecular formula is C36H44FN7O5S. The topological polar surface area (TPSA) is 147 Å². The summed E-state index contributed by atoms with van der Waals surface area (Å²) < 4.78 is 27.1. The maximum absolute atomic E-state index is 15.1. The van der Waals surface area contributed by atoms with Crippen molar-refractivity contribution in [3.05, 3.63) is 66.2 Å². The Balaban J connectivity index is 1.19. The van der Waals surface area contributed by atoms with E-state index in [4.69, 9.17) is 14.5 Å². The fourth-order valence-corrected chi connectivity index (χ4v) is 6.82. The number of nitrogens with zero attached hydrogens (tertiary/aromatic N) is 3. The minimum atomic E-state index is -0.643. The van der Waals surface area contributed by atoms with E-state index in [0.717, 1.165) is 33.7 Å². The molecule has 3 aromatic heterocycles. The zero-order chi connectivity index (χ0) is 35.6. The van der Waals surface area contributed by atoms with Crippen molar-refractivity contribution in [2.24, 2.45) is 11.8 Å². The van der Waals surface area contributed by atoms with Crippen LogP contribution in [0.25, 0.3) is 20.8 Å². The fraction of sp³-hybridized carbons (Fsp3) is 0.417. The molecule has 5 amide bonds. The van der Waals surface area contributed by atoms with Crippen LogP contribution in [0.1, 0.15) is 39.2 Å². The highest BCUT2D eigenvalue weighted by Crippen LogP contribution is 2.39. The van der Waals surface area contributed by atoms with Gasteiger partial charge < -0.3 is 35.6 Å². The molecule has 2 unspecified atom stereocenters. The number of thiophene rings is 1. The second kappa shape index (κ2) is 17.2. The molecule has 0 aliphatic carbocycles. The number of anilines is 1. The number of amides is 5. The van der Waals surface area contributed by atoms with Gasteiger partial charge >= 0.3 is 12.1 Å². The number of nitrogens with one attached hydrogen (secondary N) is 4. The van der Waals surface area contributed by atoms with Crippen LogP contribution in [0.5, 0.6) is 11.5 Å². The molecule has 14 heteroatoms. The number of ether oxygens (including phenoxy) is 2. The highest BCUT2D eigenvalue weighted by molar-refractivity contribution is 7.22. The molecule has 266 valence electrons. The predicted molar refractivity (Wildman–Crippen MR) is 192 cm³/mol. The summed E-state index contributed by atoms with van der Waals surface area (Å²) >= 11 is 1.45. The number of benzene rings is 1. The average molecular weight is 706 g/mol. The molecule has 5 rings (SSSR count). The number of rotatable bonds is 15.